The molecule has 1 aliphatic heterocycles. The van der Waals surface area contributed by atoms with Gasteiger partial charge in [0.1, 0.15) is 0 Å². The van der Waals surface area contributed by atoms with Crippen LogP contribution >= 0.6 is 23.2 Å². The summed E-state index contributed by atoms with van der Waals surface area (Å²) in [5.74, 6) is 0. The summed E-state index contributed by atoms with van der Waals surface area (Å²) in [5.41, 5.74) is 1.24. The lowest BCUT2D eigenvalue weighted by atomic mass is 10.0. The molecule has 88 valence electrons. The Morgan fingerprint density at radius 3 is 2.38 bits per heavy atom. The zero-order chi connectivity index (χ0) is 11.8. The lowest BCUT2D eigenvalue weighted by Crippen LogP contribution is -2.57. The van der Waals surface area contributed by atoms with Crippen molar-refractivity contribution >= 4 is 28.9 Å². The number of piperazine rings is 1. The molecule has 2 rings (SSSR count). The number of nitrogens with zero attached hydrogens (tertiary/aromatic N) is 1. The maximum Gasteiger partial charge on any atom is 0.0441 e. The van der Waals surface area contributed by atoms with Crippen LogP contribution in [0.3, 0.4) is 0 Å². The topological polar surface area (TPSA) is 15.3 Å². The number of hydrogen-bond acceptors (Lipinski definition) is 2. The van der Waals surface area contributed by atoms with Crippen molar-refractivity contribution in [1.82, 2.24) is 5.32 Å². The summed E-state index contributed by atoms with van der Waals surface area (Å²) in [6, 6.07) is 5.70. The van der Waals surface area contributed by atoms with Crippen molar-refractivity contribution in [2.24, 2.45) is 0 Å². The van der Waals surface area contributed by atoms with E-state index in [-0.39, 0.29) is 5.54 Å². The molecular formula is C12H16Cl2N2. The molecule has 0 radical (unpaired) electrons. The Kier molecular flexibility index (Phi) is 3.34. The average molecular weight is 259 g/mol. The van der Waals surface area contributed by atoms with Crippen molar-refractivity contribution in [3.05, 3.63) is 28.2 Å². The van der Waals surface area contributed by atoms with Gasteiger partial charge in [0.2, 0.25) is 0 Å². The van der Waals surface area contributed by atoms with E-state index in [2.05, 4.69) is 24.1 Å². The number of rotatable bonds is 1. The van der Waals surface area contributed by atoms with E-state index in [9.17, 15) is 0 Å². The van der Waals surface area contributed by atoms with Crippen molar-refractivity contribution in [3.8, 4) is 0 Å². The lowest BCUT2D eigenvalue weighted by Gasteiger charge is -2.40. The molecule has 1 fully saturated rings. The van der Waals surface area contributed by atoms with E-state index in [4.69, 9.17) is 23.2 Å². The molecule has 0 saturated carbocycles. The average Bonchev–Trinajstić information content (AvgIpc) is 2.14. The van der Waals surface area contributed by atoms with E-state index in [1.54, 1.807) is 6.07 Å². The van der Waals surface area contributed by atoms with Crippen LogP contribution in [0.15, 0.2) is 18.2 Å². The second-order valence-electron chi connectivity index (χ2n) is 4.86. The minimum Gasteiger partial charge on any atom is -0.368 e. The first kappa shape index (κ1) is 12.0. The van der Waals surface area contributed by atoms with Gasteiger partial charge < -0.3 is 10.2 Å². The minimum atomic E-state index is 0.132. The monoisotopic (exact) mass is 258 g/mol. The minimum absolute atomic E-state index is 0.132. The van der Waals surface area contributed by atoms with Crippen LogP contribution in [-0.2, 0) is 0 Å². The van der Waals surface area contributed by atoms with Crippen LogP contribution in [0, 0.1) is 0 Å². The molecule has 1 aromatic rings. The molecule has 0 aliphatic carbocycles. The van der Waals surface area contributed by atoms with Crippen molar-refractivity contribution in [1.29, 1.82) is 0 Å². The second-order valence-corrected chi connectivity index (χ2v) is 5.73. The summed E-state index contributed by atoms with van der Waals surface area (Å²) in [4.78, 5) is 2.31. The Bertz CT molecular complexity index is 370. The largest absolute Gasteiger partial charge is 0.368 e. The van der Waals surface area contributed by atoms with E-state index < -0.39 is 0 Å². The van der Waals surface area contributed by atoms with Crippen LogP contribution in [0.1, 0.15) is 13.8 Å². The highest BCUT2D eigenvalue weighted by Gasteiger charge is 2.25. The first-order chi connectivity index (χ1) is 7.46. The van der Waals surface area contributed by atoms with Crippen molar-refractivity contribution in [2.75, 3.05) is 24.5 Å². The molecule has 1 aromatic carbocycles. The van der Waals surface area contributed by atoms with Gasteiger partial charge in [-0.2, -0.15) is 0 Å². The molecule has 1 saturated heterocycles. The summed E-state index contributed by atoms with van der Waals surface area (Å²) >= 11 is 12.0. The van der Waals surface area contributed by atoms with Crippen molar-refractivity contribution < 1.29 is 0 Å². The summed E-state index contributed by atoms with van der Waals surface area (Å²) < 4.78 is 0. The van der Waals surface area contributed by atoms with Gasteiger partial charge in [-0.1, -0.05) is 23.2 Å². The van der Waals surface area contributed by atoms with Gasteiger partial charge in [0, 0.05) is 40.9 Å². The molecule has 1 N–H and O–H groups in total. The fraction of sp³-hybridized carbons (Fsp3) is 0.500. The molecule has 1 aliphatic rings. The van der Waals surface area contributed by atoms with Crippen LogP contribution in [0.5, 0.6) is 0 Å². The van der Waals surface area contributed by atoms with E-state index in [1.807, 2.05) is 12.1 Å². The van der Waals surface area contributed by atoms with Gasteiger partial charge in [0.25, 0.3) is 0 Å². The maximum absolute atomic E-state index is 6.01. The third-order valence-electron chi connectivity index (χ3n) is 2.78. The quantitative estimate of drug-likeness (QED) is 0.833. The maximum atomic E-state index is 6.01. The van der Waals surface area contributed by atoms with Crippen molar-refractivity contribution in [2.45, 2.75) is 19.4 Å². The highest BCUT2D eigenvalue weighted by atomic mass is 35.5. The normalized spacial score (nSPS) is 19.9. The number of anilines is 1. The lowest BCUT2D eigenvalue weighted by molar-refractivity contribution is 0.353. The number of benzene rings is 1. The van der Waals surface area contributed by atoms with Crippen LogP contribution in [-0.4, -0.2) is 25.2 Å². The highest BCUT2D eigenvalue weighted by Crippen LogP contribution is 2.27. The van der Waals surface area contributed by atoms with E-state index in [0.29, 0.717) is 10.0 Å². The SMILES string of the molecule is CC1(C)CN(c2cc(Cl)cc(Cl)c2)CCN1. The Hall–Kier alpha value is -0.440. The summed E-state index contributed by atoms with van der Waals surface area (Å²) in [5, 5.41) is 4.87. The summed E-state index contributed by atoms with van der Waals surface area (Å²) in [7, 11) is 0. The molecule has 0 unspecified atom stereocenters. The van der Waals surface area contributed by atoms with Crippen LogP contribution < -0.4 is 10.2 Å². The number of hydrogen-bond donors (Lipinski definition) is 1. The molecule has 0 amide bonds. The fourth-order valence-electron chi connectivity index (χ4n) is 2.08. The smallest absolute Gasteiger partial charge is 0.0441 e. The molecule has 0 bridgehead atoms. The molecule has 4 heteroatoms. The predicted molar refractivity (Wildman–Crippen MR) is 70.8 cm³/mol. The van der Waals surface area contributed by atoms with E-state index in [0.717, 1.165) is 25.3 Å². The van der Waals surface area contributed by atoms with Gasteiger partial charge in [0.15, 0.2) is 0 Å². The first-order valence-corrected chi connectivity index (χ1v) is 6.18. The van der Waals surface area contributed by atoms with Gasteiger partial charge >= 0.3 is 0 Å². The molecule has 0 atom stereocenters. The van der Waals surface area contributed by atoms with Crippen LogP contribution in [0.2, 0.25) is 10.0 Å². The molecule has 1 heterocycles. The fourth-order valence-corrected chi connectivity index (χ4v) is 2.60. The second kappa shape index (κ2) is 4.44. The Labute approximate surface area is 107 Å². The zero-order valence-corrected chi connectivity index (χ0v) is 11.1. The summed E-state index contributed by atoms with van der Waals surface area (Å²) in [6.07, 6.45) is 0. The molecule has 2 nitrogen and oxygen atoms in total. The third-order valence-corrected chi connectivity index (χ3v) is 3.22. The number of halogens is 2. The number of nitrogens with one attached hydrogen (secondary N) is 1. The van der Waals surface area contributed by atoms with Gasteiger partial charge in [-0.3, -0.25) is 0 Å². The van der Waals surface area contributed by atoms with Gasteiger partial charge in [-0.25, -0.2) is 0 Å². The van der Waals surface area contributed by atoms with E-state index >= 15 is 0 Å². The van der Waals surface area contributed by atoms with Crippen molar-refractivity contribution in [3.63, 3.8) is 0 Å². The molecule has 0 aromatic heterocycles. The van der Waals surface area contributed by atoms with Gasteiger partial charge in [-0.15, -0.1) is 0 Å². The standard InChI is InChI=1S/C12H16Cl2N2/c1-12(2)8-16(4-3-15-12)11-6-9(13)5-10(14)7-11/h5-7,15H,3-4,8H2,1-2H3. The zero-order valence-electron chi connectivity index (χ0n) is 9.56. The van der Waals surface area contributed by atoms with Gasteiger partial charge in [0.05, 0.1) is 0 Å². The third kappa shape index (κ3) is 2.82. The Balaban J connectivity index is 2.23. The van der Waals surface area contributed by atoms with Crippen LogP contribution in [0.4, 0.5) is 5.69 Å². The van der Waals surface area contributed by atoms with Gasteiger partial charge in [-0.05, 0) is 32.0 Å². The van der Waals surface area contributed by atoms with Crippen LogP contribution in [0.25, 0.3) is 0 Å². The highest BCUT2D eigenvalue weighted by molar-refractivity contribution is 6.35. The predicted octanol–water partition coefficient (Wildman–Crippen LogP) is 3.18. The molecule has 16 heavy (non-hydrogen) atoms. The Morgan fingerprint density at radius 1 is 1.19 bits per heavy atom. The first-order valence-electron chi connectivity index (χ1n) is 5.42. The molecular weight excluding hydrogens is 243 g/mol. The van der Waals surface area contributed by atoms with E-state index in [1.165, 1.54) is 0 Å². The summed E-state index contributed by atoms with van der Waals surface area (Å²) in [6.45, 7) is 7.33. The molecule has 0 spiro atoms. The Morgan fingerprint density at radius 2 is 1.81 bits per heavy atom.